The number of rotatable bonds is 9. The van der Waals surface area contributed by atoms with E-state index in [9.17, 15) is 4.79 Å². The molecule has 37 heavy (non-hydrogen) atoms. The molecule has 0 spiro atoms. The molecule has 0 bridgehead atoms. The van der Waals surface area contributed by atoms with Crippen LogP contribution in [0.4, 0.5) is 5.82 Å². The topological polar surface area (TPSA) is 76.6 Å². The molecule has 7 heteroatoms. The van der Waals surface area contributed by atoms with Gasteiger partial charge in [-0.3, -0.25) is 9.69 Å². The van der Waals surface area contributed by atoms with Gasteiger partial charge in [-0.2, -0.15) is 0 Å². The molecule has 4 aromatic rings. The second-order valence-corrected chi connectivity index (χ2v) is 9.02. The van der Waals surface area contributed by atoms with Crippen molar-refractivity contribution in [2.24, 2.45) is 0 Å². The van der Waals surface area contributed by atoms with Crippen LogP contribution in [-0.2, 0) is 20.8 Å². The van der Waals surface area contributed by atoms with Gasteiger partial charge in [0.05, 0.1) is 31.8 Å². The lowest BCUT2D eigenvalue weighted by molar-refractivity contribution is -0.142. The third kappa shape index (κ3) is 6.13. The highest BCUT2D eigenvalue weighted by atomic mass is 16.5. The monoisotopic (exact) mass is 496 g/mol. The maximum atomic E-state index is 11.8. The van der Waals surface area contributed by atoms with Crippen LogP contribution in [0.3, 0.4) is 0 Å². The van der Waals surface area contributed by atoms with Crippen LogP contribution in [0.5, 0.6) is 0 Å². The zero-order valence-corrected chi connectivity index (χ0v) is 21.2. The molecule has 0 aliphatic carbocycles. The zero-order chi connectivity index (χ0) is 25.5. The SMILES string of the molecule is CCOC(=O)CCNc1nc(-c2ccc(-c3ccccc3CN3CCOCC3)cc2)nc2ccccc12. The highest BCUT2D eigenvalue weighted by molar-refractivity contribution is 5.90. The normalized spacial score (nSPS) is 14.0. The standard InChI is InChI=1S/C30H32N4O3/c1-2-37-28(35)15-16-31-30-26-9-5-6-10-27(26)32-29(33-30)23-13-11-22(12-14-23)25-8-4-3-7-24(25)21-34-17-19-36-20-18-34/h3-14H,2,15-21H2,1H3,(H,31,32,33). The first-order valence-corrected chi connectivity index (χ1v) is 12.9. The van der Waals surface area contributed by atoms with E-state index in [-0.39, 0.29) is 12.4 Å². The van der Waals surface area contributed by atoms with Gasteiger partial charge < -0.3 is 14.8 Å². The van der Waals surface area contributed by atoms with Crippen molar-refractivity contribution >= 4 is 22.7 Å². The summed E-state index contributed by atoms with van der Waals surface area (Å²) in [6, 6.07) is 24.9. The molecule has 7 nitrogen and oxygen atoms in total. The molecule has 0 saturated carbocycles. The molecule has 0 amide bonds. The van der Waals surface area contributed by atoms with E-state index in [4.69, 9.17) is 19.4 Å². The van der Waals surface area contributed by atoms with Gasteiger partial charge in [0, 0.05) is 37.1 Å². The van der Waals surface area contributed by atoms with Gasteiger partial charge in [-0.25, -0.2) is 9.97 Å². The fourth-order valence-electron chi connectivity index (χ4n) is 4.60. The van der Waals surface area contributed by atoms with Crippen LogP contribution in [-0.4, -0.2) is 60.3 Å². The fourth-order valence-corrected chi connectivity index (χ4v) is 4.60. The molecule has 3 aromatic carbocycles. The Kier molecular flexibility index (Phi) is 8.03. The van der Waals surface area contributed by atoms with Crippen molar-refractivity contribution in [3.8, 4) is 22.5 Å². The van der Waals surface area contributed by atoms with Crippen molar-refractivity contribution in [2.75, 3.05) is 44.8 Å². The molecular weight excluding hydrogens is 464 g/mol. The minimum atomic E-state index is -0.224. The summed E-state index contributed by atoms with van der Waals surface area (Å²) in [4.78, 5) is 23.8. The largest absolute Gasteiger partial charge is 0.466 e. The lowest BCUT2D eigenvalue weighted by atomic mass is 9.98. The minimum Gasteiger partial charge on any atom is -0.466 e. The first-order valence-electron chi connectivity index (χ1n) is 12.9. The third-order valence-electron chi connectivity index (χ3n) is 6.50. The summed E-state index contributed by atoms with van der Waals surface area (Å²) >= 11 is 0. The number of hydrogen-bond donors (Lipinski definition) is 1. The van der Waals surface area contributed by atoms with Crippen molar-refractivity contribution in [1.29, 1.82) is 0 Å². The molecule has 0 radical (unpaired) electrons. The molecule has 190 valence electrons. The molecule has 1 aromatic heterocycles. The number of esters is 1. The van der Waals surface area contributed by atoms with E-state index in [0.717, 1.165) is 49.3 Å². The Balaban J connectivity index is 1.38. The molecule has 1 fully saturated rings. The summed E-state index contributed by atoms with van der Waals surface area (Å²) in [5.41, 5.74) is 5.51. The molecule has 0 atom stereocenters. The number of anilines is 1. The number of hydrogen-bond acceptors (Lipinski definition) is 7. The molecular formula is C30H32N4O3. The zero-order valence-electron chi connectivity index (χ0n) is 21.2. The second-order valence-electron chi connectivity index (χ2n) is 9.02. The van der Waals surface area contributed by atoms with Crippen LogP contribution < -0.4 is 5.32 Å². The van der Waals surface area contributed by atoms with Crippen molar-refractivity contribution in [3.05, 3.63) is 78.4 Å². The predicted octanol–water partition coefficient (Wildman–Crippen LogP) is 5.16. The lowest BCUT2D eigenvalue weighted by Crippen LogP contribution is -2.35. The van der Waals surface area contributed by atoms with Crippen LogP contribution in [0.25, 0.3) is 33.4 Å². The van der Waals surface area contributed by atoms with Crippen molar-refractivity contribution in [1.82, 2.24) is 14.9 Å². The Labute approximate surface area is 217 Å². The van der Waals surface area contributed by atoms with Gasteiger partial charge in [0.1, 0.15) is 5.82 Å². The van der Waals surface area contributed by atoms with Gasteiger partial charge in [-0.05, 0) is 35.7 Å². The van der Waals surface area contributed by atoms with Gasteiger partial charge in [0.15, 0.2) is 5.82 Å². The number of carbonyl (C=O) groups excluding carboxylic acids is 1. The molecule has 1 saturated heterocycles. The van der Waals surface area contributed by atoms with Crippen molar-refractivity contribution in [2.45, 2.75) is 19.9 Å². The van der Waals surface area contributed by atoms with Crippen LogP contribution in [0, 0.1) is 0 Å². The van der Waals surface area contributed by atoms with E-state index < -0.39 is 0 Å². The average Bonchev–Trinajstić information content (AvgIpc) is 2.94. The Morgan fingerprint density at radius 3 is 2.49 bits per heavy atom. The van der Waals surface area contributed by atoms with Crippen molar-refractivity contribution in [3.63, 3.8) is 0 Å². The summed E-state index contributed by atoms with van der Waals surface area (Å²) in [5, 5.41) is 4.23. The van der Waals surface area contributed by atoms with Gasteiger partial charge in [0.25, 0.3) is 0 Å². The highest BCUT2D eigenvalue weighted by Gasteiger charge is 2.14. The fraction of sp³-hybridized carbons (Fsp3) is 0.300. The molecule has 0 unspecified atom stereocenters. The number of para-hydroxylation sites is 1. The highest BCUT2D eigenvalue weighted by Crippen LogP contribution is 2.29. The maximum absolute atomic E-state index is 11.8. The van der Waals surface area contributed by atoms with Crippen molar-refractivity contribution < 1.29 is 14.3 Å². The summed E-state index contributed by atoms with van der Waals surface area (Å²) in [6.45, 7) is 7.06. The Hall–Kier alpha value is -3.81. The quantitative estimate of drug-likeness (QED) is 0.321. The number of nitrogens with zero attached hydrogens (tertiary/aromatic N) is 3. The van der Waals surface area contributed by atoms with E-state index in [0.29, 0.717) is 24.8 Å². The number of morpholine rings is 1. The number of carbonyl (C=O) groups is 1. The molecule has 1 aliphatic heterocycles. The molecule has 2 heterocycles. The summed E-state index contributed by atoms with van der Waals surface area (Å²) < 4.78 is 10.5. The Morgan fingerprint density at radius 2 is 1.68 bits per heavy atom. The van der Waals surface area contributed by atoms with E-state index >= 15 is 0 Å². The first-order chi connectivity index (χ1) is 18.2. The molecule has 5 rings (SSSR count). The Morgan fingerprint density at radius 1 is 0.946 bits per heavy atom. The maximum Gasteiger partial charge on any atom is 0.307 e. The van der Waals surface area contributed by atoms with E-state index in [1.807, 2.05) is 31.2 Å². The van der Waals surface area contributed by atoms with Crippen LogP contribution in [0.2, 0.25) is 0 Å². The molecule has 1 aliphatic rings. The van der Waals surface area contributed by atoms with Gasteiger partial charge in [-0.1, -0.05) is 60.7 Å². The van der Waals surface area contributed by atoms with E-state index in [1.165, 1.54) is 16.7 Å². The van der Waals surface area contributed by atoms with Crippen LogP contribution >= 0.6 is 0 Å². The number of nitrogens with one attached hydrogen (secondary N) is 1. The Bertz CT molecular complexity index is 1350. The first kappa shape index (κ1) is 24.9. The average molecular weight is 497 g/mol. The number of fused-ring (bicyclic) bond motifs is 1. The predicted molar refractivity (Wildman–Crippen MR) is 146 cm³/mol. The smallest absolute Gasteiger partial charge is 0.307 e. The summed E-state index contributed by atoms with van der Waals surface area (Å²) in [6.07, 6.45) is 0.278. The van der Waals surface area contributed by atoms with Gasteiger partial charge >= 0.3 is 5.97 Å². The van der Waals surface area contributed by atoms with E-state index in [2.05, 4.69) is 58.7 Å². The lowest BCUT2D eigenvalue weighted by Gasteiger charge is -2.27. The summed E-state index contributed by atoms with van der Waals surface area (Å²) in [7, 11) is 0. The second kappa shape index (κ2) is 12.0. The van der Waals surface area contributed by atoms with Crippen LogP contribution in [0.1, 0.15) is 18.9 Å². The number of ether oxygens (including phenoxy) is 2. The van der Waals surface area contributed by atoms with Gasteiger partial charge in [-0.15, -0.1) is 0 Å². The summed E-state index contributed by atoms with van der Waals surface area (Å²) in [5.74, 6) is 1.13. The third-order valence-corrected chi connectivity index (χ3v) is 6.50. The van der Waals surface area contributed by atoms with E-state index in [1.54, 1.807) is 0 Å². The van der Waals surface area contributed by atoms with Crippen LogP contribution in [0.15, 0.2) is 72.8 Å². The van der Waals surface area contributed by atoms with Gasteiger partial charge in [0.2, 0.25) is 0 Å². The molecule has 1 N–H and O–H groups in total. The number of aromatic nitrogens is 2. The minimum absolute atomic E-state index is 0.224. The number of benzene rings is 3.